The number of halogens is 1. The molecule has 0 heterocycles. The summed E-state index contributed by atoms with van der Waals surface area (Å²) in [4.78, 5) is 22.1. The van der Waals surface area contributed by atoms with Crippen molar-refractivity contribution in [3.8, 4) is 5.75 Å². The number of alkyl halides is 1. The van der Waals surface area contributed by atoms with Gasteiger partial charge in [-0.05, 0) is 18.9 Å². The number of nitro benzene ring substituents is 1. The van der Waals surface area contributed by atoms with Crippen LogP contribution < -0.4 is 10.1 Å². The molecule has 1 aromatic rings. The second-order valence-corrected chi connectivity index (χ2v) is 4.94. The van der Waals surface area contributed by atoms with Gasteiger partial charge in [-0.3, -0.25) is 14.9 Å². The van der Waals surface area contributed by atoms with Gasteiger partial charge in [0.05, 0.1) is 12.0 Å². The van der Waals surface area contributed by atoms with E-state index in [1.54, 1.807) is 0 Å². The van der Waals surface area contributed by atoms with Crippen LogP contribution in [0.15, 0.2) is 18.2 Å². The first kappa shape index (κ1) is 16.4. The molecular formula is C13H17BrN2O4. The molecule has 0 saturated carbocycles. The van der Waals surface area contributed by atoms with Crippen molar-refractivity contribution in [1.82, 2.24) is 5.32 Å². The number of rotatable bonds is 8. The minimum atomic E-state index is -0.541. The molecule has 1 N–H and O–H groups in total. The summed E-state index contributed by atoms with van der Waals surface area (Å²) >= 11 is 3.35. The van der Waals surface area contributed by atoms with Gasteiger partial charge in [-0.1, -0.05) is 22.4 Å². The summed E-state index contributed by atoms with van der Waals surface area (Å²) in [6.07, 6.45) is 3.01. The summed E-state index contributed by atoms with van der Waals surface area (Å²) < 4.78 is 4.93. The first-order valence-corrected chi connectivity index (χ1v) is 7.39. The van der Waals surface area contributed by atoms with Crippen molar-refractivity contribution in [2.45, 2.75) is 19.3 Å². The second kappa shape index (κ2) is 8.52. The Kier molecular flexibility index (Phi) is 7.00. The normalized spacial score (nSPS) is 10.1. The van der Waals surface area contributed by atoms with Gasteiger partial charge < -0.3 is 10.1 Å². The summed E-state index contributed by atoms with van der Waals surface area (Å²) in [5, 5.41) is 14.5. The second-order valence-electron chi connectivity index (χ2n) is 4.15. The van der Waals surface area contributed by atoms with Crippen molar-refractivity contribution in [2.24, 2.45) is 0 Å². The Morgan fingerprint density at radius 3 is 2.75 bits per heavy atom. The number of methoxy groups -OCH3 is 1. The molecule has 1 amide bonds. The van der Waals surface area contributed by atoms with E-state index < -0.39 is 4.92 Å². The van der Waals surface area contributed by atoms with Gasteiger partial charge in [0, 0.05) is 29.6 Å². The van der Waals surface area contributed by atoms with Gasteiger partial charge in [-0.2, -0.15) is 0 Å². The van der Waals surface area contributed by atoms with Gasteiger partial charge in [0.15, 0.2) is 5.75 Å². The van der Waals surface area contributed by atoms with E-state index in [0.717, 1.165) is 24.6 Å². The number of nitrogens with zero attached hydrogens (tertiary/aromatic N) is 1. The van der Waals surface area contributed by atoms with Crippen molar-refractivity contribution in [3.05, 3.63) is 33.9 Å². The van der Waals surface area contributed by atoms with E-state index in [2.05, 4.69) is 21.2 Å². The van der Waals surface area contributed by atoms with Gasteiger partial charge in [-0.15, -0.1) is 0 Å². The molecule has 1 aromatic carbocycles. The number of benzene rings is 1. The number of carbonyl (C=O) groups is 1. The lowest BCUT2D eigenvalue weighted by molar-refractivity contribution is -0.385. The SMILES string of the molecule is COc1cc(C(=O)NCCCCCBr)ccc1[N+](=O)[O-]. The van der Waals surface area contributed by atoms with E-state index >= 15 is 0 Å². The van der Waals surface area contributed by atoms with E-state index in [1.165, 1.54) is 25.3 Å². The van der Waals surface area contributed by atoms with Crippen LogP contribution in [0.4, 0.5) is 5.69 Å². The van der Waals surface area contributed by atoms with Crippen molar-refractivity contribution in [3.63, 3.8) is 0 Å². The van der Waals surface area contributed by atoms with Crippen LogP contribution in [0.2, 0.25) is 0 Å². The van der Waals surface area contributed by atoms with Crippen molar-refractivity contribution >= 4 is 27.5 Å². The van der Waals surface area contributed by atoms with Crippen LogP contribution in [-0.4, -0.2) is 29.8 Å². The van der Waals surface area contributed by atoms with Crippen LogP contribution in [0.25, 0.3) is 0 Å². The fourth-order valence-electron chi connectivity index (χ4n) is 1.67. The molecule has 1 rings (SSSR count). The molecule has 0 saturated heterocycles. The fourth-order valence-corrected chi connectivity index (χ4v) is 2.07. The zero-order valence-electron chi connectivity index (χ0n) is 11.2. The number of carbonyl (C=O) groups excluding carboxylic acids is 1. The molecule has 0 unspecified atom stereocenters. The Morgan fingerprint density at radius 1 is 1.40 bits per heavy atom. The standard InChI is InChI=1S/C13H17BrN2O4/c1-20-12-9-10(5-6-11(12)16(18)19)13(17)15-8-4-2-3-7-14/h5-6,9H,2-4,7-8H2,1H3,(H,15,17). The first-order valence-electron chi connectivity index (χ1n) is 6.26. The first-order chi connectivity index (χ1) is 9.60. The smallest absolute Gasteiger partial charge is 0.310 e. The number of nitrogens with one attached hydrogen (secondary N) is 1. The van der Waals surface area contributed by atoms with Crippen LogP contribution in [0.1, 0.15) is 29.6 Å². The lowest BCUT2D eigenvalue weighted by Crippen LogP contribution is -2.24. The molecule has 6 nitrogen and oxygen atoms in total. The van der Waals surface area contributed by atoms with Crippen LogP contribution in [0.5, 0.6) is 5.75 Å². The van der Waals surface area contributed by atoms with E-state index in [9.17, 15) is 14.9 Å². The van der Waals surface area contributed by atoms with Crippen molar-refractivity contribution < 1.29 is 14.5 Å². The average molecular weight is 345 g/mol. The highest BCUT2D eigenvalue weighted by Gasteiger charge is 2.17. The maximum atomic E-state index is 11.9. The Morgan fingerprint density at radius 2 is 2.15 bits per heavy atom. The Hall–Kier alpha value is -1.63. The van der Waals surface area contributed by atoms with Crippen LogP contribution in [0.3, 0.4) is 0 Å². The molecule has 0 fully saturated rings. The Balaban J connectivity index is 2.62. The van der Waals surface area contributed by atoms with Gasteiger partial charge in [0.1, 0.15) is 0 Å². The number of hydrogen-bond donors (Lipinski definition) is 1. The molecular weight excluding hydrogens is 328 g/mol. The van der Waals surface area contributed by atoms with Crippen molar-refractivity contribution in [1.29, 1.82) is 0 Å². The quantitative estimate of drug-likeness (QED) is 0.340. The number of amides is 1. The van der Waals surface area contributed by atoms with E-state index in [-0.39, 0.29) is 17.3 Å². The molecule has 0 aliphatic rings. The monoisotopic (exact) mass is 344 g/mol. The predicted octanol–water partition coefficient (Wildman–Crippen LogP) is 2.90. The highest BCUT2D eigenvalue weighted by atomic mass is 79.9. The highest BCUT2D eigenvalue weighted by molar-refractivity contribution is 9.09. The average Bonchev–Trinajstić information content (AvgIpc) is 2.45. The Bertz CT molecular complexity index is 479. The van der Waals surface area contributed by atoms with Gasteiger partial charge in [-0.25, -0.2) is 0 Å². The van der Waals surface area contributed by atoms with E-state index in [0.29, 0.717) is 12.1 Å². The zero-order valence-corrected chi connectivity index (χ0v) is 12.8. The van der Waals surface area contributed by atoms with E-state index in [4.69, 9.17) is 4.74 Å². The lowest BCUT2D eigenvalue weighted by atomic mass is 10.1. The summed E-state index contributed by atoms with van der Waals surface area (Å²) in [6.45, 7) is 0.588. The van der Waals surface area contributed by atoms with Gasteiger partial charge >= 0.3 is 5.69 Å². The molecule has 0 atom stereocenters. The maximum Gasteiger partial charge on any atom is 0.310 e. The van der Waals surface area contributed by atoms with Crippen LogP contribution in [-0.2, 0) is 0 Å². The minimum absolute atomic E-state index is 0.0851. The molecule has 20 heavy (non-hydrogen) atoms. The number of ether oxygens (including phenoxy) is 1. The molecule has 7 heteroatoms. The van der Waals surface area contributed by atoms with Crippen molar-refractivity contribution in [2.75, 3.05) is 19.0 Å². The summed E-state index contributed by atoms with van der Waals surface area (Å²) in [5.74, 6) is -0.168. The largest absolute Gasteiger partial charge is 0.490 e. The lowest BCUT2D eigenvalue weighted by Gasteiger charge is -2.07. The van der Waals surface area contributed by atoms with Crippen LogP contribution >= 0.6 is 15.9 Å². The fraction of sp³-hybridized carbons (Fsp3) is 0.462. The third-order valence-electron chi connectivity index (χ3n) is 2.73. The van der Waals surface area contributed by atoms with Gasteiger partial charge in [0.2, 0.25) is 0 Å². The zero-order chi connectivity index (χ0) is 15.0. The predicted molar refractivity (Wildman–Crippen MR) is 79.6 cm³/mol. The van der Waals surface area contributed by atoms with Crippen LogP contribution in [0, 0.1) is 10.1 Å². The summed E-state index contributed by atoms with van der Waals surface area (Å²) in [5.41, 5.74) is 0.203. The number of hydrogen-bond acceptors (Lipinski definition) is 4. The molecule has 0 spiro atoms. The highest BCUT2D eigenvalue weighted by Crippen LogP contribution is 2.27. The maximum absolute atomic E-state index is 11.9. The third kappa shape index (κ3) is 4.80. The summed E-state index contributed by atoms with van der Waals surface area (Å²) in [6, 6.07) is 4.08. The molecule has 0 radical (unpaired) electrons. The molecule has 0 aliphatic carbocycles. The molecule has 0 bridgehead atoms. The minimum Gasteiger partial charge on any atom is -0.490 e. The number of unbranched alkanes of at least 4 members (excludes halogenated alkanes) is 2. The van der Waals surface area contributed by atoms with Gasteiger partial charge in [0.25, 0.3) is 5.91 Å². The molecule has 0 aromatic heterocycles. The molecule has 110 valence electrons. The topological polar surface area (TPSA) is 81.5 Å². The number of nitro groups is 1. The molecule has 0 aliphatic heterocycles. The third-order valence-corrected chi connectivity index (χ3v) is 3.30. The Labute approximate surface area is 125 Å². The van der Waals surface area contributed by atoms with E-state index in [1.807, 2.05) is 0 Å². The summed E-state index contributed by atoms with van der Waals surface area (Å²) in [7, 11) is 1.34.